The summed E-state index contributed by atoms with van der Waals surface area (Å²) in [6.45, 7) is 1.19. The third-order valence-electron chi connectivity index (χ3n) is 5.20. The van der Waals surface area contributed by atoms with Crippen LogP contribution in [0.5, 0.6) is 0 Å². The number of halogens is 3. The first kappa shape index (κ1) is 21.9. The van der Waals surface area contributed by atoms with Gasteiger partial charge in [0.15, 0.2) is 0 Å². The fourth-order valence-corrected chi connectivity index (χ4v) is 4.96. The minimum Gasteiger partial charge on any atom is -0.339 e. The Kier molecular flexibility index (Phi) is 6.41. The molecule has 1 unspecified atom stereocenters. The summed E-state index contributed by atoms with van der Waals surface area (Å²) in [6, 6.07) is 9.09. The van der Waals surface area contributed by atoms with E-state index in [0.717, 1.165) is 11.0 Å². The normalized spacial score (nSPS) is 18.4. The Morgan fingerprint density at radius 1 is 1.03 bits per heavy atom. The Labute approximate surface area is 192 Å². The molecule has 31 heavy (non-hydrogen) atoms. The third-order valence-corrected chi connectivity index (χ3v) is 6.94. The highest BCUT2D eigenvalue weighted by Crippen LogP contribution is 2.38. The molecule has 3 amide bonds. The smallest absolute Gasteiger partial charge is 0.257 e. The fourth-order valence-electron chi connectivity index (χ4n) is 3.54. The van der Waals surface area contributed by atoms with Gasteiger partial charge in [-0.15, -0.1) is 11.8 Å². The Morgan fingerprint density at radius 3 is 2.42 bits per heavy atom. The summed E-state index contributed by atoms with van der Waals surface area (Å²) >= 11 is 13.2. The van der Waals surface area contributed by atoms with E-state index in [1.165, 1.54) is 28.8 Å². The van der Waals surface area contributed by atoms with Crippen LogP contribution >= 0.6 is 35.0 Å². The second-order valence-corrected chi connectivity index (χ2v) is 9.35. The molecule has 2 aromatic rings. The Bertz CT molecular complexity index is 1060. The molecule has 1 fully saturated rings. The first-order valence-electron chi connectivity index (χ1n) is 9.61. The van der Waals surface area contributed by atoms with Gasteiger partial charge in [-0.25, -0.2) is 4.39 Å². The molecule has 0 spiro atoms. The summed E-state index contributed by atoms with van der Waals surface area (Å²) in [5.41, 5.74) is 0.563. The molecule has 0 radical (unpaired) electrons. The van der Waals surface area contributed by atoms with Crippen LogP contribution in [0.15, 0.2) is 41.3 Å². The largest absolute Gasteiger partial charge is 0.339 e. The summed E-state index contributed by atoms with van der Waals surface area (Å²) in [4.78, 5) is 41.8. The van der Waals surface area contributed by atoms with Crippen molar-refractivity contribution in [2.75, 3.05) is 31.5 Å². The standard InChI is InChI=1S/C21H18Cl2FN3O3S/c22-12-1-3-15(24)14(9-12)21(30)27-7-5-26(6-8-27)19(28)11-18-20(29)25-16-10-13(23)2-4-17(16)31-18/h1-4,9-10,18H,5-8,11H2,(H,25,29). The van der Waals surface area contributed by atoms with E-state index in [0.29, 0.717) is 23.8 Å². The van der Waals surface area contributed by atoms with Crippen LogP contribution in [-0.2, 0) is 9.59 Å². The Hall–Kier alpha value is -2.29. The van der Waals surface area contributed by atoms with Gasteiger partial charge in [0.25, 0.3) is 5.91 Å². The molecule has 0 aliphatic carbocycles. The van der Waals surface area contributed by atoms with Gasteiger partial charge in [0.1, 0.15) is 5.82 Å². The minimum atomic E-state index is -0.630. The van der Waals surface area contributed by atoms with Crippen molar-refractivity contribution in [3.63, 3.8) is 0 Å². The lowest BCUT2D eigenvalue weighted by atomic mass is 10.1. The highest BCUT2D eigenvalue weighted by molar-refractivity contribution is 8.01. The van der Waals surface area contributed by atoms with Crippen molar-refractivity contribution in [1.82, 2.24) is 9.80 Å². The lowest BCUT2D eigenvalue weighted by molar-refractivity contribution is -0.134. The zero-order chi connectivity index (χ0) is 22.1. The van der Waals surface area contributed by atoms with Crippen LogP contribution < -0.4 is 5.32 Å². The molecule has 2 heterocycles. The van der Waals surface area contributed by atoms with E-state index in [9.17, 15) is 18.8 Å². The molecule has 0 aromatic heterocycles. The van der Waals surface area contributed by atoms with Crippen LogP contribution in [0.3, 0.4) is 0 Å². The molecule has 2 aliphatic heterocycles. The summed E-state index contributed by atoms with van der Waals surface area (Å²) in [7, 11) is 0. The average Bonchev–Trinajstić information content (AvgIpc) is 2.75. The van der Waals surface area contributed by atoms with Gasteiger partial charge in [-0.05, 0) is 36.4 Å². The SMILES string of the molecule is O=C1Nc2cc(Cl)ccc2SC1CC(=O)N1CCN(C(=O)c2cc(Cl)ccc2F)CC1. The molecular formula is C21H18Cl2FN3O3S. The number of carbonyl (C=O) groups excluding carboxylic acids is 3. The number of hydrogen-bond acceptors (Lipinski definition) is 4. The minimum absolute atomic E-state index is 0.0510. The number of hydrogen-bond donors (Lipinski definition) is 1. The van der Waals surface area contributed by atoms with Crippen molar-refractivity contribution in [1.29, 1.82) is 0 Å². The predicted molar refractivity (Wildman–Crippen MR) is 118 cm³/mol. The van der Waals surface area contributed by atoms with Crippen LogP contribution in [0.25, 0.3) is 0 Å². The van der Waals surface area contributed by atoms with Gasteiger partial charge in [0.05, 0.1) is 16.5 Å². The molecule has 1 N–H and O–H groups in total. The van der Waals surface area contributed by atoms with Crippen LogP contribution in [-0.4, -0.2) is 59.0 Å². The van der Waals surface area contributed by atoms with E-state index in [1.54, 1.807) is 17.0 Å². The van der Waals surface area contributed by atoms with Crippen molar-refractivity contribution in [3.8, 4) is 0 Å². The number of carbonyl (C=O) groups is 3. The number of nitrogens with one attached hydrogen (secondary N) is 1. The number of anilines is 1. The molecule has 10 heteroatoms. The number of rotatable bonds is 3. The number of piperazine rings is 1. The van der Waals surface area contributed by atoms with E-state index in [4.69, 9.17) is 23.2 Å². The Morgan fingerprint density at radius 2 is 1.68 bits per heavy atom. The predicted octanol–water partition coefficient (Wildman–Crippen LogP) is 3.92. The lowest BCUT2D eigenvalue weighted by Crippen LogP contribution is -2.51. The zero-order valence-corrected chi connectivity index (χ0v) is 18.6. The maximum atomic E-state index is 14.0. The third kappa shape index (κ3) is 4.81. The molecule has 2 aliphatic rings. The number of nitrogens with zero attached hydrogens (tertiary/aromatic N) is 2. The maximum Gasteiger partial charge on any atom is 0.257 e. The second kappa shape index (κ2) is 9.06. The second-order valence-electron chi connectivity index (χ2n) is 7.24. The molecule has 0 saturated carbocycles. The van der Waals surface area contributed by atoms with Crippen molar-refractivity contribution < 1.29 is 18.8 Å². The number of thioether (sulfide) groups is 1. The molecule has 162 valence electrons. The van der Waals surface area contributed by atoms with Crippen molar-refractivity contribution in [2.24, 2.45) is 0 Å². The molecule has 4 rings (SSSR count). The highest BCUT2D eigenvalue weighted by atomic mass is 35.5. The van der Waals surface area contributed by atoms with E-state index in [-0.39, 0.29) is 41.9 Å². The highest BCUT2D eigenvalue weighted by Gasteiger charge is 2.32. The lowest BCUT2D eigenvalue weighted by Gasteiger charge is -2.35. The number of benzene rings is 2. The van der Waals surface area contributed by atoms with Crippen molar-refractivity contribution >= 4 is 58.4 Å². The molecule has 1 atom stereocenters. The average molecular weight is 482 g/mol. The summed E-state index contributed by atoms with van der Waals surface area (Å²) < 4.78 is 14.0. The number of amides is 3. The molecule has 2 aromatic carbocycles. The zero-order valence-electron chi connectivity index (χ0n) is 16.2. The van der Waals surface area contributed by atoms with Gasteiger partial charge < -0.3 is 15.1 Å². The van der Waals surface area contributed by atoms with Gasteiger partial charge in [-0.3, -0.25) is 14.4 Å². The monoisotopic (exact) mass is 481 g/mol. The summed E-state index contributed by atoms with van der Waals surface area (Å²) in [6.07, 6.45) is 0.0510. The van der Waals surface area contributed by atoms with Crippen LogP contribution in [0, 0.1) is 5.82 Å². The molecular weight excluding hydrogens is 464 g/mol. The summed E-state index contributed by atoms with van der Waals surface area (Å²) in [5.74, 6) is -1.48. The summed E-state index contributed by atoms with van der Waals surface area (Å²) in [5, 5.41) is 3.06. The van der Waals surface area contributed by atoms with E-state index in [1.807, 2.05) is 6.07 Å². The Balaban J connectivity index is 1.34. The fraction of sp³-hybridized carbons (Fsp3) is 0.286. The maximum absolute atomic E-state index is 14.0. The molecule has 6 nitrogen and oxygen atoms in total. The first-order chi connectivity index (χ1) is 14.8. The van der Waals surface area contributed by atoms with E-state index < -0.39 is 17.0 Å². The van der Waals surface area contributed by atoms with Crippen LogP contribution in [0.4, 0.5) is 10.1 Å². The van der Waals surface area contributed by atoms with Gasteiger partial charge in [-0.1, -0.05) is 23.2 Å². The van der Waals surface area contributed by atoms with Gasteiger partial charge >= 0.3 is 0 Å². The van der Waals surface area contributed by atoms with Crippen LogP contribution in [0.2, 0.25) is 10.0 Å². The molecule has 0 bridgehead atoms. The van der Waals surface area contributed by atoms with Crippen molar-refractivity contribution in [2.45, 2.75) is 16.6 Å². The topological polar surface area (TPSA) is 69.7 Å². The molecule has 1 saturated heterocycles. The van der Waals surface area contributed by atoms with Gasteiger partial charge in [0.2, 0.25) is 11.8 Å². The van der Waals surface area contributed by atoms with Crippen LogP contribution in [0.1, 0.15) is 16.8 Å². The van der Waals surface area contributed by atoms with E-state index in [2.05, 4.69) is 5.32 Å². The quantitative estimate of drug-likeness (QED) is 0.720. The van der Waals surface area contributed by atoms with Gasteiger partial charge in [0, 0.05) is 47.5 Å². The first-order valence-corrected chi connectivity index (χ1v) is 11.2. The van der Waals surface area contributed by atoms with Gasteiger partial charge in [-0.2, -0.15) is 0 Å². The van der Waals surface area contributed by atoms with E-state index >= 15 is 0 Å². The number of fused-ring (bicyclic) bond motifs is 1. The van der Waals surface area contributed by atoms with Crippen molar-refractivity contribution in [3.05, 3.63) is 57.8 Å².